The number of cyclic esters (lactones) is 1. The van der Waals surface area contributed by atoms with E-state index in [1.165, 1.54) is 19.3 Å². The summed E-state index contributed by atoms with van der Waals surface area (Å²) >= 11 is 0. The molecule has 1 heterocycles. The molecule has 0 bridgehead atoms. The first-order valence-electron chi connectivity index (χ1n) is 7.91. The van der Waals surface area contributed by atoms with Crippen molar-refractivity contribution in [2.75, 3.05) is 13.2 Å². The summed E-state index contributed by atoms with van der Waals surface area (Å²) in [6.45, 7) is 3.24. The highest BCUT2D eigenvalue weighted by molar-refractivity contribution is 5.97. The van der Waals surface area contributed by atoms with E-state index in [9.17, 15) is 9.59 Å². The molecule has 1 aromatic rings. The molecule has 1 saturated heterocycles. The van der Waals surface area contributed by atoms with Crippen LogP contribution in [0.5, 0.6) is 5.75 Å². The lowest BCUT2D eigenvalue weighted by atomic mass is 10.1. The van der Waals surface area contributed by atoms with E-state index in [1.807, 2.05) is 0 Å². The van der Waals surface area contributed by atoms with Gasteiger partial charge in [-0.25, -0.2) is 4.79 Å². The van der Waals surface area contributed by atoms with E-state index in [0.29, 0.717) is 25.2 Å². The van der Waals surface area contributed by atoms with E-state index >= 15 is 0 Å². The smallest absolute Gasteiger partial charge is 0.328 e. The first kappa shape index (κ1) is 16.3. The van der Waals surface area contributed by atoms with Gasteiger partial charge in [-0.2, -0.15) is 0 Å². The summed E-state index contributed by atoms with van der Waals surface area (Å²) in [5, 5.41) is 2.68. The second kappa shape index (κ2) is 8.41. The predicted molar refractivity (Wildman–Crippen MR) is 82.9 cm³/mol. The van der Waals surface area contributed by atoms with E-state index in [-0.39, 0.29) is 11.9 Å². The zero-order chi connectivity index (χ0) is 15.8. The number of nitrogens with one attached hydrogen (secondary N) is 1. The largest absolute Gasteiger partial charge is 0.494 e. The molecule has 120 valence electrons. The second-order valence-corrected chi connectivity index (χ2v) is 5.42. The van der Waals surface area contributed by atoms with E-state index in [4.69, 9.17) is 9.47 Å². The minimum atomic E-state index is -0.526. The minimum Gasteiger partial charge on any atom is -0.494 e. The lowest BCUT2D eigenvalue weighted by Crippen LogP contribution is -2.37. The Labute approximate surface area is 131 Å². The lowest BCUT2D eigenvalue weighted by molar-refractivity contribution is -0.139. The molecule has 22 heavy (non-hydrogen) atoms. The Balaban J connectivity index is 1.78. The standard InChI is InChI=1S/C17H23NO4/c1-2-3-4-5-11-21-14-8-6-13(7-9-14)16(19)18-15-10-12-22-17(15)20/h6-9,15H,2-5,10-12H2,1H3,(H,18,19). The van der Waals surface area contributed by atoms with E-state index < -0.39 is 6.04 Å². The van der Waals surface area contributed by atoms with Gasteiger partial charge in [-0.1, -0.05) is 26.2 Å². The number of carbonyl (C=O) groups is 2. The molecular weight excluding hydrogens is 282 g/mol. The van der Waals surface area contributed by atoms with Crippen LogP contribution >= 0.6 is 0 Å². The first-order chi connectivity index (χ1) is 10.7. The molecule has 1 N–H and O–H groups in total. The van der Waals surface area contributed by atoms with Gasteiger partial charge in [0.15, 0.2) is 0 Å². The van der Waals surface area contributed by atoms with Gasteiger partial charge in [0.1, 0.15) is 11.8 Å². The van der Waals surface area contributed by atoms with Gasteiger partial charge in [-0.05, 0) is 30.7 Å². The number of rotatable bonds is 8. The quantitative estimate of drug-likeness (QED) is 0.592. The zero-order valence-electron chi connectivity index (χ0n) is 13.0. The highest BCUT2D eigenvalue weighted by atomic mass is 16.5. The molecule has 0 spiro atoms. The number of amides is 1. The molecule has 0 radical (unpaired) electrons. The third-order valence-corrected chi connectivity index (χ3v) is 3.62. The van der Waals surface area contributed by atoms with Crippen LogP contribution in [0.25, 0.3) is 0 Å². The van der Waals surface area contributed by atoms with Crippen LogP contribution in [0.4, 0.5) is 0 Å². The highest BCUT2D eigenvalue weighted by Gasteiger charge is 2.28. The molecule has 0 aliphatic carbocycles. The molecule has 1 amide bonds. The molecule has 5 heteroatoms. The molecule has 1 fully saturated rings. The average Bonchev–Trinajstić information content (AvgIpc) is 2.93. The third kappa shape index (κ3) is 4.76. The van der Waals surface area contributed by atoms with Gasteiger partial charge in [-0.15, -0.1) is 0 Å². The molecule has 2 rings (SSSR count). The van der Waals surface area contributed by atoms with Crippen molar-refractivity contribution in [1.29, 1.82) is 0 Å². The maximum absolute atomic E-state index is 12.0. The van der Waals surface area contributed by atoms with Crippen molar-refractivity contribution >= 4 is 11.9 Å². The molecule has 5 nitrogen and oxygen atoms in total. The predicted octanol–water partition coefficient (Wildman–Crippen LogP) is 2.69. The Morgan fingerprint density at radius 2 is 2.05 bits per heavy atom. The Morgan fingerprint density at radius 1 is 1.27 bits per heavy atom. The number of ether oxygens (including phenoxy) is 2. The molecule has 1 aliphatic rings. The van der Waals surface area contributed by atoms with Crippen molar-refractivity contribution in [3.63, 3.8) is 0 Å². The molecule has 1 aliphatic heterocycles. The summed E-state index contributed by atoms with van der Waals surface area (Å²) < 4.78 is 10.5. The number of unbranched alkanes of at least 4 members (excludes halogenated alkanes) is 3. The van der Waals surface area contributed by atoms with Crippen molar-refractivity contribution in [1.82, 2.24) is 5.32 Å². The van der Waals surface area contributed by atoms with Crippen LogP contribution in [-0.4, -0.2) is 31.1 Å². The molecule has 1 unspecified atom stereocenters. The van der Waals surface area contributed by atoms with Crippen LogP contribution in [0.2, 0.25) is 0 Å². The van der Waals surface area contributed by atoms with E-state index in [1.54, 1.807) is 24.3 Å². The molecule has 1 atom stereocenters. The topological polar surface area (TPSA) is 64.6 Å². The fourth-order valence-corrected chi connectivity index (χ4v) is 2.29. The summed E-state index contributed by atoms with van der Waals surface area (Å²) in [5.41, 5.74) is 0.512. The van der Waals surface area contributed by atoms with Gasteiger partial charge in [0.2, 0.25) is 0 Å². The van der Waals surface area contributed by atoms with Gasteiger partial charge < -0.3 is 14.8 Å². The minimum absolute atomic E-state index is 0.265. The summed E-state index contributed by atoms with van der Waals surface area (Å²) in [6.07, 6.45) is 5.18. The fourth-order valence-electron chi connectivity index (χ4n) is 2.29. The molecule has 1 aromatic carbocycles. The van der Waals surface area contributed by atoms with Gasteiger partial charge >= 0.3 is 5.97 Å². The highest BCUT2D eigenvalue weighted by Crippen LogP contribution is 2.14. The summed E-state index contributed by atoms with van der Waals surface area (Å²) in [4.78, 5) is 23.4. The van der Waals surface area contributed by atoms with Crippen molar-refractivity contribution < 1.29 is 19.1 Å². The van der Waals surface area contributed by atoms with Crippen LogP contribution < -0.4 is 10.1 Å². The van der Waals surface area contributed by atoms with Crippen LogP contribution in [0.1, 0.15) is 49.4 Å². The van der Waals surface area contributed by atoms with E-state index in [0.717, 1.165) is 12.2 Å². The van der Waals surface area contributed by atoms with Crippen molar-refractivity contribution in [2.24, 2.45) is 0 Å². The van der Waals surface area contributed by atoms with Gasteiger partial charge in [0.25, 0.3) is 5.91 Å². The second-order valence-electron chi connectivity index (χ2n) is 5.42. The number of carbonyl (C=O) groups excluding carboxylic acids is 2. The number of hydrogen-bond donors (Lipinski definition) is 1. The Hall–Kier alpha value is -2.04. The van der Waals surface area contributed by atoms with Crippen molar-refractivity contribution in [2.45, 2.75) is 45.1 Å². The summed E-state index contributed by atoms with van der Waals surface area (Å²) in [5.74, 6) is 0.132. The summed E-state index contributed by atoms with van der Waals surface area (Å²) in [6, 6.07) is 6.44. The maximum Gasteiger partial charge on any atom is 0.328 e. The normalized spacial score (nSPS) is 17.1. The molecule has 0 aromatic heterocycles. The Kier molecular flexibility index (Phi) is 6.25. The SMILES string of the molecule is CCCCCCOc1ccc(C(=O)NC2CCOC2=O)cc1. The van der Waals surface area contributed by atoms with Gasteiger partial charge in [0.05, 0.1) is 13.2 Å². The monoisotopic (exact) mass is 305 g/mol. The van der Waals surface area contributed by atoms with Crippen molar-refractivity contribution in [3.8, 4) is 5.75 Å². The van der Waals surface area contributed by atoms with Crippen LogP contribution in [0.15, 0.2) is 24.3 Å². The van der Waals surface area contributed by atoms with Gasteiger partial charge in [-0.3, -0.25) is 4.79 Å². The van der Waals surface area contributed by atoms with Crippen molar-refractivity contribution in [3.05, 3.63) is 29.8 Å². The number of esters is 1. The summed E-state index contributed by atoms with van der Waals surface area (Å²) in [7, 11) is 0. The van der Waals surface area contributed by atoms with Crippen LogP contribution in [0.3, 0.4) is 0 Å². The number of benzene rings is 1. The first-order valence-corrected chi connectivity index (χ1v) is 7.91. The Bertz CT molecular complexity index is 498. The Morgan fingerprint density at radius 3 is 2.68 bits per heavy atom. The maximum atomic E-state index is 12.0. The molecular formula is C17H23NO4. The van der Waals surface area contributed by atoms with Gasteiger partial charge in [0, 0.05) is 12.0 Å². The molecule has 0 saturated carbocycles. The van der Waals surface area contributed by atoms with Crippen LogP contribution in [0, 0.1) is 0 Å². The lowest BCUT2D eigenvalue weighted by Gasteiger charge is -2.10. The average molecular weight is 305 g/mol. The number of hydrogen-bond acceptors (Lipinski definition) is 4. The van der Waals surface area contributed by atoms with E-state index in [2.05, 4.69) is 12.2 Å². The fraction of sp³-hybridized carbons (Fsp3) is 0.529. The van der Waals surface area contributed by atoms with Crippen LogP contribution in [-0.2, 0) is 9.53 Å². The third-order valence-electron chi connectivity index (χ3n) is 3.62. The zero-order valence-corrected chi connectivity index (χ0v) is 13.0.